The van der Waals surface area contributed by atoms with Gasteiger partial charge in [-0.2, -0.15) is 0 Å². The van der Waals surface area contributed by atoms with Crippen LogP contribution in [0.25, 0.3) is 0 Å². The molecule has 2 aromatic rings. The third kappa shape index (κ3) is 3.84. The third-order valence-corrected chi connectivity index (χ3v) is 4.58. The second kappa shape index (κ2) is 7.20. The highest BCUT2D eigenvalue weighted by atomic mass is 79.9. The normalized spacial score (nSPS) is 18.1. The standard InChI is InChI=1S/C17H20BrN3O/c1-13(14-5-3-2-4-6-14)21-9-7-16(8-10-21)22-17-19-11-15(18)12-20-17/h2-6,11-13,16H,7-10H2,1H3. The number of benzene rings is 1. The van der Waals surface area contributed by atoms with Crippen molar-refractivity contribution < 1.29 is 4.74 Å². The molecule has 1 fully saturated rings. The molecule has 1 atom stereocenters. The molecule has 0 bridgehead atoms. The van der Waals surface area contributed by atoms with Gasteiger partial charge in [0.2, 0.25) is 0 Å². The Hall–Kier alpha value is -1.46. The van der Waals surface area contributed by atoms with Crippen molar-refractivity contribution >= 4 is 15.9 Å². The Morgan fingerprint density at radius 2 is 1.77 bits per heavy atom. The number of nitrogens with zero attached hydrogens (tertiary/aromatic N) is 3. The zero-order valence-electron chi connectivity index (χ0n) is 12.7. The van der Waals surface area contributed by atoms with E-state index in [-0.39, 0.29) is 6.10 Å². The minimum Gasteiger partial charge on any atom is -0.460 e. The first-order chi connectivity index (χ1) is 10.7. The number of hydrogen-bond donors (Lipinski definition) is 0. The van der Waals surface area contributed by atoms with Crippen LogP contribution in [0.2, 0.25) is 0 Å². The molecule has 0 spiro atoms. The maximum atomic E-state index is 5.87. The van der Waals surface area contributed by atoms with E-state index in [0.29, 0.717) is 12.1 Å². The molecule has 4 nitrogen and oxygen atoms in total. The number of aromatic nitrogens is 2. The number of hydrogen-bond acceptors (Lipinski definition) is 4. The topological polar surface area (TPSA) is 38.2 Å². The lowest BCUT2D eigenvalue weighted by molar-refractivity contribution is 0.0735. The first-order valence-corrected chi connectivity index (χ1v) is 8.45. The lowest BCUT2D eigenvalue weighted by atomic mass is 10.0. The molecular formula is C17H20BrN3O. The van der Waals surface area contributed by atoms with E-state index in [9.17, 15) is 0 Å². The molecule has 0 aliphatic carbocycles. The number of piperidine rings is 1. The smallest absolute Gasteiger partial charge is 0.316 e. The fourth-order valence-corrected chi connectivity index (χ4v) is 3.04. The minimum atomic E-state index is 0.209. The van der Waals surface area contributed by atoms with E-state index < -0.39 is 0 Å². The SMILES string of the molecule is CC(c1ccccc1)N1CCC(Oc2ncc(Br)cn2)CC1. The second-order valence-electron chi connectivity index (χ2n) is 5.62. The molecule has 3 rings (SSSR count). The van der Waals surface area contributed by atoms with E-state index in [0.717, 1.165) is 30.4 Å². The van der Waals surface area contributed by atoms with Crippen LogP contribution in [0.5, 0.6) is 6.01 Å². The molecular weight excluding hydrogens is 342 g/mol. The van der Waals surface area contributed by atoms with Gasteiger partial charge in [-0.25, -0.2) is 9.97 Å². The molecule has 1 aliphatic rings. The quantitative estimate of drug-likeness (QED) is 0.828. The first kappa shape index (κ1) is 15.4. The van der Waals surface area contributed by atoms with E-state index >= 15 is 0 Å². The Labute approximate surface area is 139 Å². The first-order valence-electron chi connectivity index (χ1n) is 7.65. The summed E-state index contributed by atoms with van der Waals surface area (Å²) in [7, 11) is 0. The summed E-state index contributed by atoms with van der Waals surface area (Å²) in [6, 6.07) is 11.6. The molecule has 1 aliphatic heterocycles. The van der Waals surface area contributed by atoms with Gasteiger partial charge in [-0.1, -0.05) is 30.3 Å². The van der Waals surface area contributed by atoms with Crippen molar-refractivity contribution in [3.63, 3.8) is 0 Å². The minimum absolute atomic E-state index is 0.209. The summed E-state index contributed by atoms with van der Waals surface area (Å²) >= 11 is 3.33. The van der Waals surface area contributed by atoms with Crippen LogP contribution in [0.4, 0.5) is 0 Å². The highest BCUT2D eigenvalue weighted by Gasteiger charge is 2.24. The van der Waals surface area contributed by atoms with Crippen molar-refractivity contribution in [2.75, 3.05) is 13.1 Å². The summed E-state index contributed by atoms with van der Waals surface area (Å²) in [4.78, 5) is 10.9. The van der Waals surface area contributed by atoms with Crippen LogP contribution >= 0.6 is 15.9 Å². The van der Waals surface area contributed by atoms with Gasteiger partial charge in [0.15, 0.2) is 0 Å². The number of likely N-dealkylation sites (tertiary alicyclic amines) is 1. The van der Waals surface area contributed by atoms with Crippen LogP contribution in [0.15, 0.2) is 47.2 Å². The number of halogens is 1. The average molecular weight is 362 g/mol. The molecule has 0 saturated carbocycles. The van der Waals surface area contributed by atoms with Crippen molar-refractivity contribution in [2.24, 2.45) is 0 Å². The van der Waals surface area contributed by atoms with E-state index in [1.54, 1.807) is 12.4 Å². The molecule has 22 heavy (non-hydrogen) atoms. The molecule has 0 N–H and O–H groups in total. The Morgan fingerprint density at radius 1 is 1.14 bits per heavy atom. The largest absolute Gasteiger partial charge is 0.460 e. The van der Waals surface area contributed by atoms with E-state index in [4.69, 9.17) is 4.74 Å². The lowest BCUT2D eigenvalue weighted by Crippen LogP contribution is -2.39. The summed E-state index contributed by atoms with van der Waals surface area (Å²) in [6.07, 6.45) is 5.66. The monoisotopic (exact) mass is 361 g/mol. The third-order valence-electron chi connectivity index (χ3n) is 4.17. The van der Waals surface area contributed by atoms with E-state index in [2.05, 4.69) is 68.1 Å². The van der Waals surface area contributed by atoms with Crippen molar-refractivity contribution in [2.45, 2.75) is 31.9 Å². The zero-order valence-corrected chi connectivity index (χ0v) is 14.2. The van der Waals surface area contributed by atoms with Gasteiger partial charge < -0.3 is 4.74 Å². The fourth-order valence-electron chi connectivity index (χ4n) is 2.83. The fraction of sp³-hybridized carbons (Fsp3) is 0.412. The summed E-state index contributed by atoms with van der Waals surface area (Å²) in [5.41, 5.74) is 1.37. The Balaban J connectivity index is 1.53. The van der Waals surface area contributed by atoms with Crippen LogP contribution < -0.4 is 4.74 Å². The van der Waals surface area contributed by atoms with Gasteiger partial charge in [-0.05, 0) is 41.3 Å². The van der Waals surface area contributed by atoms with Gasteiger partial charge in [0.25, 0.3) is 0 Å². The number of rotatable bonds is 4. The molecule has 1 aromatic carbocycles. The van der Waals surface area contributed by atoms with Crippen LogP contribution in [0.1, 0.15) is 31.4 Å². The highest BCUT2D eigenvalue weighted by Crippen LogP contribution is 2.25. The van der Waals surface area contributed by atoms with Crippen LogP contribution in [-0.2, 0) is 0 Å². The summed E-state index contributed by atoms with van der Waals surface area (Å²) in [6.45, 7) is 4.35. The van der Waals surface area contributed by atoms with Crippen LogP contribution in [0, 0.1) is 0 Å². The van der Waals surface area contributed by atoms with Gasteiger partial charge in [-0.15, -0.1) is 0 Å². The predicted molar refractivity (Wildman–Crippen MR) is 89.8 cm³/mol. The maximum Gasteiger partial charge on any atom is 0.316 e. The summed E-state index contributed by atoms with van der Waals surface area (Å²) in [5.74, 6) is 0. The molecule has 1 unspecified atom stereocenters. The number of ether oxygens (including phenoxy) is 1. The summed E-state index contributed by atoms with van der Waals surface area (Å²) < 4.78 is 6.74. The van der Waals surface area contributed by atoms with Crippen LogP contribution in [0.3, 0.4) is 0 Å². The van der Waals surface area contributed by atoms with Crippen molar-refractivity contribution in [1.29, 1.82) is 0 Å². The molecule has 116 valence electrons. The lowest BCUT2D eigenvalue weighted by Gasteiger charge is -2.35. The van der Waals surface area contributed by atoms with E-state index in [1.807, 2.05) is 0 Å². The molecule has 0 radical (unpaired) electrons. The molecule has 1 aromatic heterocycles. The summed E-state index contributed by atoms with van der Waals surface area (Å²) in [5, 5.41) is 0. The van der Waals surface area contributed by atoms with Gasteiger partial charge in [-0.3, -0.25) is 4.90 Å². The van der Waals surface area contributed by atoms with Gasteiger partial charge in [0, 0.05) is 31.5 Å². The Kier molecular flexibility index (Phi) is 5.05. The highest BCUT2D eigenvalue weighted by molar-refractivity contribution is 9.10. The molecule has 1 saturated heterocycles. The van der Waals surface area contributed by atoms with Gasteiger partial charge in [0.05, 0.1) is 4.47 Å². The average Bonchev–Trinajstić information content (AvgIpc) is 2.58. The Morgan fingerprint density at radius 3 is 2.41 bits per heavy atom. The molecule has 0 amide bonds. The van der Waals surface area contributed by atoms with Crippen molar-refractivity contribution in [3.8, 4) is 6.01 Å². The Bertz CT molecular complexity index is 583. The predicted octanol–water partition coefficient (Wildman–Crippen LogP) is 3.84. The molecule has 2 heterocycles. The van der Waals surface area contributed by atoms with Gasteiger partial charge in [0.1, 0.15) is 6.10 Å². The second-order valence-corrected chi connectivity index (χ2v) is 6.54. The van der Waals surface area contributed by atoms with Crippen molar-refractivity contribution in [3.05, 3.63) is 52.8 Å². The van der Waals surface area contributed by atoms with Crippen molar-refractivity contribution in [1.82, 2.24) is 14.9 Å². The van der Waals surface area contributed by atoms with Crippen LogP contribution in [-0.4, -0.2) is 34.1 Å². The van der Waals surface area contributed by atoms with E-state index in [1.165, 1.54) is 5.56 Å². The van der Waals surface area contributed by atoms with Gasteiger partial charge >= 0.3 is 6.01 Å². The maximum absolute atomic E-state index is 5.87. The zero-order chi connectivity index (χ0) is 15.4. The molecule has 5 heteroatoms.